The van der Waals surface area contributed by atoms with E-state index < -0.39 is 5.41 Å². The minimum absolute atomic E-state index is 0.250. The second kappa shape index (κ2) is 7.27. The predicted molar refractivity (Wildman–Crippen MR) is 90.8 cm³/mol. The highest BCUT2D eigenvalue weighted by molar-refractivity contribution is 5.74. The molecule has 0 spiro atoms. The summed E-state index contributed by atoms with van der Waals surface area (Å²) in [7, 11) is 0. The molecule has 0 unspecified atom stereocenters. The predicted octanol–water partition coefficient (Wildman–Crippen LogP) is 3.91. The summed E-state index contributed by atoms with van der Waals surface area (Å²) >= 11 is 0. The highest BCUT2D eigenvalue weighted by Crippen LogP contribution is 2.24. The van der Waals surface area contributed by atoms with Crippen LogP contribution in [-0.2, 0) is 12.0 Å². The molecule has 3 nitrogen and oxygen atoms in total. The number of nitrogens with one attached hydrogen (secondary N) is 2. The van der Waals surface area contributed by atoms with Crippen LogP contribution in [0.1, 0.15) is 30.5 Å². The Kier molecular flexibility index (Phi) is 5.37. The van der Waals surface area contributed by atoms with Crippen molar-refractivity contribution < 1.29 is 9.18 Å². The van der Waals surface area contributed by atoms with E-state index in [-0.39, 0.29) is 11.8 Å². The van der Waals surface area contributed by atoms with Gasteiger partial charge in [0.1, 0.15) is 5.82 Å². The van der Waals surface area contributed by atoms with Gasteiger partial charge in [0.25, 0.3) is 0 Å². The first-order valence-electron chi connectivity index (χ1n) is 7.71. The number of rotatable bonds is 5. The molecular weight excluding hydrogens is 291 g/mol. The van der Waals surface area contributed by atoms with E-state index in [9.17, 15) is 9.18 Å². The lowest BCUT2D eigenvalue weighted by atomic mass is 9.84. The van der Waals surface area contributed by atoms with Crippen LogP contribution in [0.15, 0.2) is 48.5 Å². The minimum Gasteiger partial charge on any atom is -0.337 e. The van der Waals surface area contributed by atoms with Gasteiger partial charge in [-0.3, -0.25) is 0 Å². The summed E-state index contributed by atoms with van der Waals surface area (Å²) in [5.74, 6) is -0.250. The Balaban J connectivity index is 1.89. The van der Waals surface area contributed by atoms with Crippen LogP contribution in [0.2, 0.25) is 0 Å². The number of amides is 2. The Hall–Kier alpha value is -2.36. The van der Waals surface area contributed by atoms with Crippen molar-refractivity contribution in [2.45, 2.75) is 32.7 Å². The average molecular weight is 314 g/mol. The van der Waals surface area contributed by atoms with Gasteiger partial charge in [-0.2, -0.15) is 0 Å². The van der Waals surface area contributed by atoms with Gasteiger partial charge >= 0.3 is 6.03 Å². The first-order chi connectivity index (χ1) is 10.9. The van der Waals surface area contributed by atoms with Crippen LogP contribution in [0.5, 0.6) is 0 Å². The smallest absolute Gasteiger partial charge is 0.315 e. The molecule has 0 aliphatic carbocycles. The Morgan fingerprint density at radius 2 is 1.70 bits per heavy atom. The van der Waals surface area contributed by atoms with E-state index in [1.54, 1.807) is 18.2 Å². The highest BCUT2D eigenvalue weighted by Gasteiger charge is 2.24. The summed E-state index contributed by atoms with van der Waals surface area (Å²) in [6.07, 6.45) is 0. The van der Waals surface area contributed by atoms with Crippen molar-refractivity contribution in [3.05, 3.63) is 71.0 Å². The molecule has 2 aromatic carbocycles. The first kappa shape index (κ1) is 17.0. The third-order valence-corrected chi connectivity index (χ3v) is 3.99. The molecule has 0 saturated heterocycles. The lowest BCUT2D eigenvalue weighted by Gasteiger charge is -2.26. The molecule has 0 saturated carbocycles. The molecule has 0 aromatic heterocycles. The molecule has 2 N–H and O–H groups in total. The van der Waals surface area contributed by atoms with E-state index in [1.807, 2.05) is 45.0 Å². The lowest BCUT2D eigenvalue weighted by molar-refractivity contribution is 0.238. The normalized spacial score (nSPS) is 11.1. The van der Waals surface area contributed by atoms with Crippen LogP contribution in [-0.4, -0.2) is 12.6 Å². The van der Waals surface area contributed by atoms with E-state index in [4.69, 9.17) is 0 Å². The van der Waals surface area contributed by atoms with Crippen molar-refractivity contribution in [1.29, 1.82) is 0 Å². The standard InChI is InChI=1S/C19H23FN2O/c1-14-8-4-5-9-15(14)12-21-18(23)22-13-19(2,3)16-10-6-7-11-17(16)20/h4-11H,12-13H2,1-3H3,(H2,21,22,23). The maximum Gasteiger partial charge on any atom is 0.315 e. The molecule has 4 heteroatoms. The van der Waals surface area contributed by atoms with Gasteiger partial charge in [-0.15, -0.1) is 0 Å². The van der Waals surface area contributed by atoms with Gasteiger partial charge in [0.15, 0.2) is 0 Å². The molecule has 0 bridgehead atoms. The summed E-state index contributed by atoms with van der Waals surface area (Å²) in [6.45, 7) is 6.66. The lowest BCUT2D eigenvalue weighted by Crippen LogP contribution is -2.42. The molecule has 0 atom stereocenters. The van der Waals surface area contributed by atoms with Gasteiger partial charge in [0.05, 0.1) is 0 Å². The minimum atomic E-state index is -0.481. The fourth-order valence-electron chi connectivity index (χ4n) is 2.45. The van der Waals surface area contributed by atoms with Crippen molar-refractivity contribution in [1.82, 2.24) is 10.6 Å². The Morgan fingerprint density at radius 3 is 2.39 bits per heavy atom. The molecule has 0 radical (unpaired) electrons. The number of hydrogen-bond acceptors (Lipinski definition) is 1. The van der Waals surface area contributed by atoms with E-state index in [1.165, 1.54) is 6.07 Å². The van der Waals surface area contributed by atoms with Crippen molar-refractivity contribution in [3.63, 3.8) is 0 Å². The number of carbonyl (C=O) groups is 1. The number of halogens is 1. The zero-order valence-corrected chi connectivity index (χ0v) is 13.8. The Labute approximate surface area is 136 Å². The van der Waals surface area contributed by atoms with Crippen LogP contribution in [0.3, 0.4) is 0 Å². The van der Waals surface area contributed by atoms with E-state index in [0.717, 1.165) is 11.1 Å². The molecule has 122 valence electrons. The monoisotopic (exact) mass is 314 g/mol. The quantitative estimate of drug-likeness (QED) is 0.863. The first-order valence-corrected chi connectivity index (χ1v) is 7.71. The fraction of sp³-hybridized carbons (Fsp3) is 0.316. The zero-order chi connectivity index (χ0) is 16.9. The summed E-state index contributed by atoms with van der Waals surface area (Å²) in [5.41, 5.74) is 2.33. The van der Waals surface area contributed by atoms with Crippen molar-refractivity contribution in [2.75, 3.05) is 6.54 Å². The molecule has 0 aliphatic heterocycles. The van der Waals surface area contributed by atoms with Crippen molar-refractivity contribution in [2.24, 2.45) is 0 Å². The largest absolute Gasteiger partial charge is 0.337 e. The van der Waals surface area contributed by atoms with Crippen LogP contribution < -0.4 is 10.6 Å². The maximum atomic E-state index is 13.9. The molecule has 2 aromatic rings. The van der Waals surface area contributed by atoms with E-state index in [2.05, 4.69) is 10.6 Å². The SMILES string of the molecule is Cc1ccccc1CNC(=O)NCC(C)(C)c1ccccc1F. The number of carbonyl (C=O) groups excluding carboxylic acids is 1. The third kappa shape index (κ3) is 4.55. The van der Waals surface area contributed by atoms with Gasteiger partial charge in [-0.1, -0.05) is 56.3 Å². The van der Waals surface area contributed by atoms with Gasteiger partial charge in [-0.05, 0) is 29.7 Å². The van der Waals surface area contributed by atoms with Crippen molar-refractivity contribution >= 4 is 6.03 Å². The maximum absolute atomic E-state index is 13.9. The molecule has 2 rings (SSSR count). The summed E-state index contributed by atoms with van der Waals surface area (Å²) in [5, 5.41) is 5.66. The molecular formula is C19H23FN2O. The summed E-state index contributed by atoms with van der Waals surface area (Å²) < 4.78 is 13.9. The van der Waals surface area contributed by atoms with Gasteiger partial charge in [0, 0.05) is 18.5 Å². The Morgan fingerprint density at radius 1 is 1.04 bits per heavy atom. The number of aryl methyl sites for hydroxylation is 1. The third-order valence-electron chi connectivity index (χ3n) is 3.99. The van der Waals surface area contributed by atoms with Crippen LogP contribution in [0, 0.1) is 12.7 Å². The number of hydrogen-bond donors (Lipinski definition) is 2. The number of benzene rings is 2. The second-order valence-corrected chi connectivity index (χ2v) is 6.33. The molecule has 2 amide bonds. The molecule has 23 heavy (non-hydrogen) atoms. The van der Waals surface area contributed by atoms with Crippen LogP contribution in [0.4, 0.5) is 9.18 Å². The van der Waals surface area contributed by atoms with Crippen molar-refractivity contribution in [3.8, 4) is 0 Å². The number of urea groups is 1. The molecule has 0 aliphatic rings. The van der Waals surface area contributed by atoms with Crippen LogP contribution in [0.25, 0.3) is 0 Å². The zero-order valence-electron chi connectivity index (χ0n) is 13.8. The van der Waals surface area contributed by atoms with E-state index in [0.29, 0.717) is 18.7 Å². The average Bonchev–Trinajstić information content (AvgIpc) is 2.52. The Bertz CT molecular complexity index is 683. The molecule has 0 fully saturated rings. The summed E-state index contributed by atoms with van der Waals surface area (Å²) in [6, 6.07) is 14.3. The van der Waals surface area contributed by atoms with E-state index >= 15 is 0 Å². The van der Waals surface area contributed by atoms with Gasteiger partial charge < -0.3 is 10.6 Å². The van der Waals surface area contributed by atoms with Gasteiger partial charge in [-0.25, -0.2) is 9.18 Å². The second-order valence-electron chi connectivity index (χ2n) is 6.33. The highest BCUT2D eigenvalue weighted by atomic mass is 19.1. The topological polar surface area (TPSA) is 41.1 Å². The molecule has 0 heterocycles. The van der Waals surface area contributed by atoms with Crippen LogP contribution >= 0.6 is 0 Å². The fourth-order valence-corrected chi connectivity index (χ4v) is 2.45. The van der Waals surface area contributed by atoms with Gasteiger partial charge in [0.2, 0.25) is 0 Å². The summed E-state index contributed by atoms with van der Waals surface area (Å²) in [4.78, 5) is 12.0.